The standard InChI is InChI=1S/C11H19NO/c1-9(2)7-12-6-4-5-11(8-12)10(3)13/h11H,1,4-8H2,2-3H3. The molecular formula is C11H19NO. The van der Waals surface area contributed by atoms with Crippen LogP contribution in [0.25, 0.3) is 0 Å². The fourth-order valence-electron chi connectivity index (χ4n) is 1.91. The van der Waals surface area contributed by atoms with Crippen molar-refractivity contribution < 1.29 is 4.79 Å². The minimum atomic E-state index is 0.271. The van der Waals surface area contributed by atoms with E-state index in [1.807, 2.05) is 6.92 Å². The van der Waals surface area contributed by atoms with E-state index in [1.165, 1.54) is 5.57 Å². The Hall–Kier alpha value is -0.630. The molecule has 0 bridgehead atoms. The molecule has 0 N–H and O–H groups in total. The number of likely N-dealkylation sites (tertiary alicyclic amines) is 1. The zero-order valence-electron chi connectivity index (χ0n) is 8.68. The van der Waals surface area contributed by atoms with Gasteiger partial charge in [0.1, 0.15) is 5.78 Å². The molecule has 1 heterocycles. The van der Waals surface area contributed by atoms with Gasteiger partial charge in [-0.25, -0.2) is 0 Å². The molecule has 1 fully saturated rings. The number of carbonyl (C=O) groups is 1. The number of Topliss-reactive ketones (excluding diaryl/α,β-unsaturated/α-hetero) is 1. The largest absolute Gasteiger partial charge is 0.300 e. The van der Waals surface area contributed by atoms with E-state index >= 15 is 0 Å². The Morgan fingerprint density at radius 1 is 1.54 bits per heavy atom. The van der Waals surface area contributed by atoms with Gasteiger partial charge in [-0.15, -0.1) is 0 Å². The summed E-state index contributed by atoms with van der Waals surface area (Å²) in [6.07, 6.45) is 2.22. The number of hydrogen-bond donors (Lipinski definition) is 0. The van der Waals surface area contributed by atoms with E-state index in [-0.39, 0.29) is 5.92 Å². The Morgan fingerprint density at radius 3 is 2.77 bits per heavy atom. The van der Waals surface area contributed by atoms with Crippen molar-refractivity contribution in [3.63, 3.8) is 0 Å². The van der Waals surface area contributed by atoms with E-state index in [1.54, 1.807) is 6.92 Å². The number of hydrogen-bond acceptors (Lipinski definition) is 2. The zero-order chi connectivity index (χ0) is 9.84. The van der Waals surface area contributed by atoms with Crippen LogP contribution in [-0.2, 0) is 4.79 Å². The Kier molecular flexibility index (Phi) is 3.67. The topological polar surface area (TPSA) is 20.3 Å². The Balaban J connectivity index is 2.41. The lowest BCUT2D eigenvalue weighted by molar-refractivity contribution is -0.122. The van der Waals surface area contributed by atoms with Crippen LogP contribution in [0.2, 0.25) is 0 Å². The molecule has 0 saturated carbocycles. The molecule has 13 heavy (non-hydrogen) atoms. The second-order valence-electron chi connectivity index (χ2n) is 4.14. The number of piperidine rings is 1. The maximum absolute atomic E-state index is 11.2. The summed E-state index contributed by atoms with van der Waals surface area (Å²) in [6, 6.07) is 0. The van der Waals surface area contributed by atoms with Crippen LogP contribution >= 0.6 is 0 Å². The Bertz CT molecular complexity index is 210. The third-order valence-electron chi connectivity index (χ3n) is 2.57. The van der Waals surface area contributed by atoms with Gasteiger partial charge >= 0.3 is 0 Å². The number of carbonyl (C=O) groups excluding carboxylic acids is 1. The van der Waals surface area contributed by atoms with Crippen molar-refractivity contribution in [2.75, 3.05) is 19.6 Å². The molecule has 1 atom stereocenters. The van der Waals surface area contributed by atoms with Gasteiger partial charge in [-0.3, -0.25) is 9.69 Å². The van der Waals surface area contributed by atoms with E-state index in [9.17, 15) is 4.79 Å². The molecule has 0 aliphatic carbocycles. The smallest absolute Gasteiger partial charge is 0.134 e. The van der Waals surface area contributed by atoms with Crippen LogP contribution in [0.4, 0.5) is 0 Å². The van der Waals surface area contributed by atoms with Crippen LogP contribution in [-0.4, -0.2) is 30.3 Å². The molecule has 0 aromatic carbocycles. The highest BCUT2D eigenvalue weighted by atomic mass is 16.1. The molecule has 1 aliphatic rings. The van der Waals surface area contributed by atoms with Gasteiger partial charge < -0.3 is 0 Å². The maximum atomic E-state index is 11.2. The Labute approximate surface area is 80.6 Å². The first kappa shape index (κ1) is 10.5. The van der Waals surface area contributed by atoms with E-state index in [2.05, 4.69) is 11.5 Å². The van der Waals surface area contributed by atoms with E-state index in [0.717, 1.165) is 32.5 Å². The third kappa shape index (κ3) is 3.31. The highest BCUT2D eigenvalue weighted by Gasteiger charge is 2.22. The van der Waals surface area contributed by atoms with E-state index in [0.29, 0.717) is 5.78 Å². The lowest BCUT2D eigenvalue weighted by Crippen LogP contribution is -2.38. The SMILES string of the molecule is C=C(C)CN1CCCC(C(C)=O)C1. The molecule has 2 heteroatoms. The number of ketones is 1. The summed E-state index contributed by atoms with van der Waals surface area (Å²) >= 11 is 0. The molecule has 0 aromatic heterocycles. The van der Waals surface area contributed by atoms with Gasteiger partial charge in [0.25, 0.3) is 0 Å². The van der Waals surface area contributed by atoms with Crippen molar-refractivity contribution >= 4 is 5.78 Å². The molecule has 1 unspecified atom stereocenters. The molecule has 1 saturated heterocycles. The zero-order valence-corrected chi connectivity index (χ0v) is 8.68. The normalized spacial score (nSPS) is 24.3. The second-order valence-corrected chi connectivity index (χ2v) is 4.14. The molecule has 0 amide bonds. The first-order valence-electron chi connectivity index (χ1n) is 4.97. The minimum absolute atomic E-state index is 0.271. The average molecular weight is 181 g/mol. The average Bonchev–Trinajstić information content (AvgIpc) is 2.03. The summed E-state index contributed by atoms with van der Waals surface area (Å²) in [5.74, 6) is 0.611. The number of nitrogens with zero attached hydrogens (tertiary/aromatic N) is 1. The van der Waals surface area contributed by atoms with Crippen LogP contribution in [0, 0.1) is 5.92 Å². The third-order valence-corrected chi connectivity index (χ3v) is 2.57. The first-order chi connectivity index (χ1) is 6.09. The van der Waals surface area contributed by atoms with Crippen molar-refractivity contribution in [3.05, 3.63) is 12.2 Å². The summed E-state index contributed by atoms with van der Waals surface area (Å²) in [4.78, 5) is 13.5. The van der Waals surface area contributed by atoms with Crippen molar-refractivity contribution in [3.8, 4) is 0 Å². The van der Waals surface area contributed by atoms with Crippen molar-refractivity contribution in [2.24, 2.45) is 5.92 Å². The number of rotatable bonds is 3. The molecule has 1 rings (SSSR count). The molecule has 0 spiro atoms. The lowest BCUT2D eigenvalue weighted by atomic mass is 9.94. The van der Waals surface area contributed by atoms with Crippen LogP contribution in [0.15, 0.2) is 12.2 Å². The van der Waals surface area contributed by atoms with Crippen LogP contribution < -0.4 is 0 Å². The summed E-state index contributed by atoms with van der Waals surface area (Å²) in [5, 5.41) is 0. The minimum Gasteiger partial charge on any atom is -0.300 e. The van der Waals surface area contributed by atoms with Gasteiger partial charge in [-0.1, -0.05) is 12.2 Å². The van der Waals surface area contributed by atoms with Crippen LogP contribution in [0.3, 0.4) is 0 Å². The summed E-state index contributed by atoms with van der Waals surface area (Å²) < 4.78 is 0. The van der Waals surface area contributed by atoms with Crippen molar-refractivity contribution in [1.82, 2.24) is 4.90 Å². The predicted molar refractivity (Wildman–Crippen MR) is 54.7 cm³/mol. The molecule has 74 valence electrons. The quantitative estimate of drug-likeness (QED) is 0.619. The monoisotopic (exact) mass is 181 g/mol. The summed E-state index contributed by atoms with van der Waals surface area (Å²) in [5.41, 5.74) is 1.18. The lowest BCUT2D eigenvalue weighted by Gasteiger charge is -2.31. The molecule has 0 aromatic rings. The summed E-state index contributed by atoms with van der Waals surface area (Å²) in [7, 11) is 0. The van der Waals surface area contributed by atoms with Gasteiger partial charge in [-0.05, 0) is 33.2 Å². The highest BCUT2D eigenvalue weighted by Crippen LogP contribution is 2.17. The molecule has 2 nitrogen and oxygen atoms in total. The fraction of sp³-hybridized carbons (Fsp3) is 0.727. The fourth-order valence-corrected chi connectivity index (χ4v) is 1.91. The predicted octanol–water partition coefficient (Wildman–Crippen LogP) is 1.86. The van der Waals surface area contributed by atoms with Crippen molar-refractivity contribution in [1.29, 1.82) is 0 Å². The Morgan fingerprint density at radius 2 is 2.23 bits per heavy atom. The maximum Gasteiger partial charge on any atom is 0.134 e. The molecular weight excluding hydrogens is 162 g/mol. The van der Waals surface area contributed by atoms with Gasteiger partial charge in [0, 0.05) is 19.0 Å². The summed E-state index contributed by atoms with van der Waals surface area (Å²) in [6.45, 7) is 10.6. The highest BCUT2D eigenvalue weighted by molar-refractivity contribution is 5.78. The molecule has 0 radical (unpaired) electrons. The van der Waals surface area contributed by atoms with Gasteiger partial charge in [0.05, 0.1) is 0 Å². The van der Waals surface area contributed by atoms with Crippen LogP contribution in [0.5, 0.6) is 0 Å². The first-order valence-corrected chi connectivity index (χ1v) is 4.97. The van der Waals surface area contributed by atoms with E-state index in [4.69, 9.17) is 0 Å². The van der Waals surface area contributed by atoms with E-state index < -0.39 is 0 Å². The van der Waals surface area contributed by atoms with Crippen molar-refractivity contribution in [2.45, 2.75) is 26.7 Å². The van der Waals surface area contributed by atoms with Crippen LogP contribution in [0.1, 0.15) is 26.7 Å². The second kappa shape index (κ2) is 4.56. The van der Waals surface area contributed by atoms with Gasteiger partial charge in [0.15, 0.2) is 0 Å². The molecule has 1 aliphatic heterocycles. The van der Waals surface area contributed by atoms with Gasteiger partial charge in [-0.2, -0.15) is 0 Å². The van der Waals surface area contributed by atoms with Gasteiger partial charge in [0.2, 0.25) is 0 Å².